The van der Waals surface area contributed by atoms with E-state index in [0.717, 1.165) is 11.3 Å². The first-order chi connectivity index (χ1) is 13.3. The van der Waals surface area contributed by atoms with Gasteiger partial charge in [0, 0.05) is 24.6 Å². The van der Waals surface area contributed by atoms with Crippen LogP contribution in [0.1, 0.15) is 29.7 Å². The molecule has 0 aliphatic carbocycles. The predicted octanol–water partition coefficient (Wildman–Crippen LogP) is 2.79. The molecule has 0 saturated carbocycles. The molecule has 1 saturated heterocycles. The first kappa shape index (κ1) is 20.7. The Kier molecular flexibility index (Phi) is 6.30. The Balaban J connectivity index is 1.75. The molecule has 0 radical (unpaired) electrons. The molecule has 0 bridgehead atoms. The minimum Gasteiger partial charge on any atom is -0.497 e. The van der Waals surface area contributed by atoms with E-state index in [9.17, 15) is 13.2 Å². The maximum Gasteiger partial charge on any atom is 0.229 e. The zero-order chi connectivity index (χ0) is 20.3. The molecule has 9 heteroatoms. The van der Waals surface area contributed by atoms with Crippen LogP contribution < -0.4 is 4.74 Å². The van der Waals surface area contributed by atoms with Crippen molar-refractivity contribution in [3.8, 4) is 5.75 Å². The van der Waals surface area contributed by atoms with Crippen molar-refractivity contribution in [2.45, 2.75) is 38.8 Å². The fourth-order valence-corrected chi connectivity index (χ4v) is 5.38. The third-order valence-electron chi connectivity index (χ3n) is 5.01. The van der Waals surface area contributed by atoms with Gasteiger partial charge >= 0.3 is 0 Å². The highest BCUT2D eigenvalue weighted by Crippen LogP contribution is 2.24. The number of methoxy groups -OCH3 is 1. The summed E-state index contributed by atoms with van der Waals surface area (Å²) in [5.41, 5.74) is 2.28. The van der Waals surface area contributed by atoms with Crippen LogP contribution >= 0.6 is 11.6 Å². The molecule has 1 aliphatic rings. The monoisotopic (exact) mass is 426 g/mol. The van der Waals surface area contributed by atoms with Gasteiger partial charge in [-0.1, -0.05) is 17.3 Å². The van der Waals surface area contributed by atoms with Gasteiger partial charge in [-0.3, -0.25) is 4.79 Å². The summed E-state index contributed by atoms with van der Waals surface area (Å²) in [5.74, 6) is 0.722. The van der Waals surface area contributed by atoms with Gasteiger partial charge in [-0.05, 0) is 49.1 Å². The SMILES string of the molecule is COc1ccc(CN(C(=O)CCc2c(C)noc2Cl)C2CCS(=O)(=O)C2)cc1. The van der Waals surface area contributed by atoms with Gasteiger partial charge in [0.1, 0.15) is 5.75 Å². The Morgan fingerprint density at radius 3 is 2.61 bits per heavy atom. The van der Waals surface area contributed by atoms with Gasteiger partial charge in [0.2, 0.25) is 11.1 Å². The molecule has 0 N–H and O–H groups in total. The molecule has 1 aromatic heterocycles. The zero-order valence-corrected chi connectivity index (χ0v) is 17.4. The van der Waals surface area contributed by atoms with Crippen LogP contribution in [0.5, 0.6) is 5.75 Å². The van der Waals surface area contributed by atoms with Gasteiger partial charge in [-0.2, -0.15) is 0 Å². The molecule has 1 fully saturated rings. The average molecular weight is 427 g/mol. The normalized spacial score (nSPS) is 18.2. The largest absolute Gasteiger partial charge is 0.497 e. The van der Waals surface area contributed by atoms with Gasteiger partial charge in [-0.15, -0.1) is 0 Å². The molecule has 152 valence electrons. The topological polar surface area (TPSA) is 89.7 Å². The van der Waals surface area contributed by atoms with E-state index in [1.54, 1.807) is 18.9 Å². The molecule has 3 rings (SSSR count). The summed E-state index contributed by atoms with van der Waals surface area (Å²) in [6.07, 6.45) is 1.05. The lowest BCUT2D eigenvalue weighted by Gasteiger charge is -2.28. The summed E-state index contributed by atoms with van der Waals surface area (Å²) >= 11 is 5.99. The molecule has 2 aromatic rings. The van der Waals surface area contributed by atoms with Crippen LogP contribution in [0.4, 0.5) is 0 Å². The van der Waals surface area contributed by atoms with Crippen molar-refractivity contribution in [3.05, 3.63) is 46.3 Å². The lowest BCUT2D eigenvalue weighted by Crippen LogP contribution is -2.40. The number of aromatic nitrogens is 1. The number of sulfone groups is 1. The highest BCUT2D eigenvalue weighted by atomic mass is 35.5. The van der Waals surface area contributed by atoms with Crippen LogP contribution in [-0.4, -0.2) is 49.0 Å². The van der Waals surface area contributed by atoms with Crippen molar-refractivity contribution in [1.29, 1.82) is 0 Å². The Labute approximate surface area is 169 Å². The third-order valence-corrected chi connectivity index (χ3v) is 7.05. The Hall–Kier alpha value is -2.06. The van der Waals surface area contributed by atoms with Crippen LogP contribution in [0.25, 0.3) is 0 Å². The van der Waals surface area contributed by atoms with Crippen molar-refractivity contribution in [1.82, 2.24) is 10.1 Å². The predicted molar refractivity (Wildman–Crippen MR) is 105 cm³/mol. The smallest absolute Gasteiger partial charge is 0.229 e. The van der Waals surface area contributed by atoms with E-state index in [2.05, 4.69) is 5.16 Å². The summed E-state index contributed by atoms with van der Waals surface area (Å²) in [5, 5.41) is 3.99. The van der Waals surface area contributed by atoms with Crippen LogP contribution in [-0.2, 0) is 27.6 Å². The van der Waals surface area contributed by atoms with E-state index in [0.29, 0.717) is 30.6 Å². The van der Waals surface area contributed by atoms with Gasteiger partial charge in [0.25, 0.3) is 0 Å². The van der Waals surface area contributed by atoms with Gasteiger partial charge in [-0.25, -0.2) is 8.42 Å². The van der Waals surface area contributed by atoms with Crippen molar-refractivity contribution < 1.29 is 22.5 Å². The van der Waals surface area contributed by atoms with E-state index < -0.39 is 9.84 Å². The fraction of sp³-hybridized carbons (Fsp3) is 0.474. The van der Waals surface area contributed by atoms with Gasteiger partial charge < -0.3 is 14.2 Å². The molecule has 2 heterocycles. The minimum absolute atomic E-state index is 0.00193. The average Bonchev–Trinajstić information content (AvgIpc) is 3.19. The first-order valence-corrected chi connectivity index (χ1v) is 11.2. The van der Waals surface area contributed by atoms with E-state index >= 15 is 0 Å². The number of benzene rings is 1. The van der Waals surface area contributed by atoms with E-state index in [-0.39, 0.29) is 35.1 Å². The maximum absolute atomic E-state index is 13.0. The second-order valence-electron chi connectivity index (χ2n) is 6.95. The number of carbonyl (C=O) groups excluding carboxylic acids is 1. The second-order valence-corrected chi connectivity index (χ2v) is 9.52. The standard InChI is InChI=1S/C19H23ClN2O5S/c1-13-17(19(20)27-21-13)7-8-18(23)22(15-9-10-28(24,25)12-15)11-14-3-5-16(26-2)6-4-14/h3-6,15H,7-12H2,1-2H3. The molecular weight excluding hydrogens is 404 g/mol. The van der Waals surface area contributed by atoms with Crippen LogP contribution in [0.15, 0.2) is 28.8 Å². The fourth-order valence-electron chi connectivity index (χ4n) is 3.39. The molecule has 1 aliphatic heterocycles. The number of hydrogen-bond acceptors (Lipinski definition) is 6. The van der Waals surface area contributed by atoms with Crippen LogP contribution in [0.2, 0.25) is 5.22 Å². The number of halogens is 1. The molecular formula is C19H23ClN2O5S. The second kappa shape index (κ2) is 8.53. The molecule has 1 amide bonds. The lowest BCUT2D eigenvalue weighted by atomic mass is 10.1. The summed E-state index contributed by atoms with van der Waals surface area (Å²) in [4.78, 5) is 14.7. The number of aryl methyl sites for hydroxylation is 1. The summed E-state index contributed by atoms with van der Waals surface area (Å²) < 4.78 is 34.0. The van der Waals surface area contributed by atoms with Crippen LogP contribution in [0.3, 0.4) is 0 Å². The summed E-state index contributed by atoms with van der Waals surface area (Å²) in [6.45, 7) is 2.12. The maximum atomic E-state index is 13.0. The van der Waals surface area contributed by atoms with Crippen molar-refractivity contribution >= 4 is 27.3 Å². The number of carbonyl (C=O) groups is 1. The number of ether oxygens (including phenoxy) is 1. The van der Waals surface area contributed by atoms with E-state index in [1.807, 2.05) is 24.3 Å². The summed E-state index contributed by atoms with van der Waals surface area (Å²) in [6, 6.07) is 7.08. The molecule has 1 atom stereocenters. The van der Waals surface area contributed by atoms with Crippen LogP contribution in [0, 0.1) is 6.92 Å². The molecule has 1 aromatic carbocycles. The molecule has 0 spiro atoms. The van der Waals surface area contributed by atoms with Gasteiger partial charge in [0.05, 0.1) is 24.3 Å². The number of nitrogens with zero attached hydrogens (tertiary/aromatic N) is 2. The van der Waals surface area contributed by atoms with Crippen molar-refractivity contribution in [2.24, 2.45) is 0 Å². The Morgan fingerprint density at radius 2 is 2.07 bits per heavy atom. The first-order valence-electron chi connectivity index (χ1n) is 9.02. The highest BCUT2D eigenvalue weighted by Gasteiger charge is 2.34. The number of amides is 1. The Bertz CT molecular complexity index is 920. The third kappa shape index (κ3) is 4.86. The summed E-state index contributed by atoms with van der Waals surface area (Å²) in [7, 11) is -1.52. The lowest BCUT2D eigenvalue weighted by molar-refractivity contribution is -0.133. The zero-order valence-electron chi connectivity index (χ0n) is 15.9. The van der Waals surface area contributed by atoms with Gasteiger partial charge in [0.15, 0.2) is 9.84 Å². The van der Waals surface area contributed by atoms with E-state index in [1.165, 1.54) is 0 Å². The quantitative estimate of drug-likeness (QED) is 0.676. The van der Waals surface area contributed by atoms with E-state index in [4.69, 9.17) is 20.9 Å². The minimum atomic E-state index is -3.11. The Morgan fingerprint density at radius 1 is 1.36 bits per heavy atom. The number of rotatable bonds is 7. The number of hydrogen-bond donors (Lipinski definition) is 0. The van der Waals surface area contributed by atoms with Crippen molar-refractivity contribution in [3.63, 3.8) is 0 Å². The molecule has 1 unspecified atom stereocenters. The molecule has 7 nitrogen and oxygen atoms in total. The molecule has 28 heavy (non-hydrogen) atoms. The van der Waals surface area contributed by atoms with Crippen molar-refractivity contribution in [2.75, 3.05) is 18.6 Å². The highest BCUT2D eigenvalue weighted by molar-refractivity contribution is 7.91.